The van der Waals surface area contributed by atoms with Gasteiger partial charge in [-0.3, -0.25) is 0 Å². The lowest BCUT2D eigenvalue weighted by Crippen LogP contribution is -2.03. The predicted molar refractivity (Wildman–Crippen MR) is 103 cm³/mol. The van der Waals surface area contributed by atoms with Gasteiger partial charge in [0.25, 0.3) is 0 Å². The molecule has 0 nitrogen and oxygen atoms in total. The van der Waals surface area contributed by atoms with Crippen LogP contribution in [-0.4, -0.2) is 0 Å². The maximum Gasteiger partial charge on any atom is 0.416 e. The molecule has 2 aromatic carbocycles. The molecule has 0 heterocycles. The Balaban J connectivity index is 1.76. The Bertz CT molecular complexity index is 624. The molecular formula is C23H29F3. The molecule has 2 rings (SSSR count). The number of hydrogen-bond acceptors (Lipinski definition) is 0. The summed E-state index contributed by atoms with van der Waals surface area (Å²) in [5.74, 6) is 0. The van der Waals surface area contributed by atoms with Crippen LogP contribution in [0.15, 0.2) is 48.5 Å². The zero-order chi connectivity index (χ0) is 18.8. The minimum Gasteiger partial charge on any atom is -0.166 e. The van der Waals surface area contributed by atoms with Crippen LogP contribution < -0.4 is 0 Å². The van der Waals surface area contributed by atoms with Crippen LogP contribution >= 0.6 is 0 Å². The Labute approximate surface area is 155 Å². The fourth-order valence-corrected chi connectivity index (χ4v) is 3.18. The SMILES string of the molecule is CCCCCCCCCCc1ccc(-c2ccc(C(F)(F)F)cc2)cc1. The molecule has 0 unspecified atom stereocenters. The molecule has 3 heteroatoms. The fraction of sp³-hybridized carbons (Fsp3) is 0.478. The molecule has 0 spiro atoms. The molecule has 0 amide bonds. The fourth-order valence-electron chi connectivity index (χ4n) is 3.18. The van der Waals surface area contributed by atoms with Gasteiger partial charge < -0.3 is 0 Å². The van der Waals surface area contributed by atoms with Crippen molar-refractivity contribution in [3.8, 4) is 11.1 Å². The average molecular weight is 362 g/mol. The molecule has 0 aliphatic carbocycles. The van der Waals surface area contributed by atoms with E-state index in [1.165, 1.54) is 69.1 Å². The van der Waals surface area contributed by atoms with E-state index < -0.39 is 11.7 Å². The lowest BCUT2D eigenvalue weighted by Gasteiger charge is -2.08. The van der Waals surface area contributed by atoms with Crippen LogP contribution in [0, 0.1) is 0 Å². The van der Waals surface area contributed by atoms with Crippen molar-refractivity contribution in [1.29, 1.82) is 0 Å². The summed E-state index contributed by atoms with van der Waals surface area (Å²) >= 11 is 0. The van der Waals surface area contributed by atoms with Crippen LogP contribution in [0.25, 0.3) is 11.1 Å². The van der Waals surface area contributed by atoms with E-state index in [0.717, 1.165) is 29.7 Å². The lowest BCUT2D eigenvalue weighted by atomic mass is 10.00. The average Bonchev–Trinajstić information content (AvgIpc) is 2.64. The van der Waals surface area contributed by atoms with E-state index in [1.54, 1.807) is 0 Å². The maximum atomic E-state index is 12.6. The standard InChI is InChI=1S/C23H29F3/c1-2-3-4-5-6-7-8-9-10-19-11-13-20(14-12-19)21-15-17-22(18-16-21)23(24,25)26/h11-18H,2-10H2,1H3. The molecule has 0 radical (unpaired) electrons. The summed E-state index contributed by atoms with van der Waals surface area (Å²) in [6, 6.07) is 13.5. The van der Waals surface area contributed by atoms with E-state index >= 15 is 0 Å². The second kappa shape index (κ2) is 10.4. The van der Waals surface area contributed by atoms with E-state index in [-0.39, 0.29) is 0 Å². The molecule has 0 saturated carbocycles. The molecule has 142 valence electrons. The van der Waals surface area contributed by atoms with Crippen molar-refractivity contribution < 1.29 is 13.2 Å². The Morgan fingerprint density at radius 3 is 1.58 bits per heavy atom. The predicted octanol–water partition coefficient (Wildman–Crippen LogP) is 8.06. The largest absolute Gasteiger partial charge is 0.416 e. The van der Waals surface area contributed by atoms with Gasteiger partial charge in [-0.2, -0.15) is 13.2 Å². The zero-order valence-corrected chi connectivity index (χ0v) is 15.6. The van der Waals surface area contributed by atoms with Crippen molar-refractivity contribution in [2.45, 2.75) is 70.9 Å². The molecular weight excluding hydrogens is 333 g/mol. The lowest BCUT2D eigenvalue weighted by molar-refractivity contribution is -0.137. The molecule has 0 fully saturated rings. The molecule has 0 bridgehead atoms. The van der Waals surface area contributed by atoms with E-state index in [1.807, 2.05) is 12.1 Å². The number of unbranched alkanes of at least 4 members (excludes halogenated alkanes) is 7. The third-order valence-electron chi connectivity index (χ3n) is 4.82. The van der Waals surface area contributed by atoms with Gasteiger partial charge >= 0.3 is 6.18 Å². The molecule has 0 saturated heterocycles. The smallest absolute Gasteiger partial charge is 0.166 e. The minimum absolute atomic E-state index is 0.604. The zero-order valence-electron chi connectivity index (χ0n) is 15.6. The van der Waals surface area contributed by atoms with Gasteiger partial charge in [-0.05, 0) is 41.7 Å². The van der Waals surface area contributed by atoms with E-state index in [0.29, 0.717) is 0 Å². The number of rotatable bonds is 10. The number of halogens is 3. The van der Waals surface area contributed by atoms with Crippen LogP contribution in [0.4, 0.5) is 13.2 Å². The molecule has 26 heavy (non-hydrogen) atoms. The van der Waals surface area contributed by atoms with Crippen molar-refractivity contribution >= 4 is 0 Å². The number of alkyl halides is 3. The molecule has 0 aromatic heterocycles. The van der Waals surface area contributed by atoms with Crippen molar-refractivity contribution in [3.05, 3.63) is 59.7 Å². The summed E-state index contributed by atoms with van der Waals surface area (Å²) in [5.41, 5.74) is 2.47. The Hall–Kier alpha value is -1.77. The van der Waals surface area contributed by atoms with Gasteiger partial charge in [-0.15, -0.1) is 0 Å². The van der Waals surface area contributed by atoms with Gasteiger partial charge in [0.2, 0.25) is 0 Å². The third kappa shape index (κ3) is 6.86. The van der Waals surface area contributed by atoms with E-state index in [4.69, 9.17) is 0 Å². The molecule has 0 atom stereocenters. The first-order valence-corrected chi connectivity index (χ1v) is 9.77. The summed E-state index contributed by atoms with van der Waals surface area (Å²) in [7, 11) is 0. The van der Waals surface area contributed by atoms with Crippen molar-refractivity contribution in [2.75, 3.05) is 0 Å². The first kappa shape index (κ1) is 20.5. The van der Waals surface area contributed by atoms with E-state index in [9.17, 15) is 13.2 Å². The summed E-state index contributed by atoms with van der Waals surface area (Å²) in [4.78, 5) is 0. The van der Waals surface area contributed by atoms with Gasteiger partial charge in [0.15, 0.2) is 0 Å². The molecule has 0 aliphatic heterocycles. The van der Waals surface area contributed by atoms with Gasteiger partial charge in [0.05, 0.1) is 5.56 Å². The molecule has 0 N–H and O–H groups in total. The molecule has 2 aromatic rings. The van der Waals surface area contributed by atoms with Crippen LogP contribution in [0.5, 0.6) is 0 Å². The number of hydrogen-bond donors (Lipinski definition) is 0. The second-order valence-electron chi connectivity index (χ2n) is 7.00. The van der Waals surface area contributed by atoms with E-state index in [2.05, 4.69) is 19.1 Å². The van der Waals surface area contributed by atoms with Crippen LogP contribution in [0.1, 0.15) is 69.4 Å². The Morgan fingerprint density at radius 2 is 1.08 bits per heavy atom. The first-order valence-electron chi connectivity index (χ1n) is 9.77. The van der Waals surface area contributed by atoms with Gasteiger partial charge in [-0.1, -0.05) is 88.3 Å². The Morgan fingerprint density at radius 1 is 0.615 bits per heavy atom. The monoisotopic (exact) mass is 362 g/mol. The number of benzene rings is 2. The van der Waals surface area contributed by atoms with Crippen molar-refractivity contribution in [1.82, 2.24) is 0 Å². The maximum absolute atomic E-state index is 12.6. The first-order chi connectivity index (χ1) is 12.5. The van der Waals surface area contributed by atoms with Crippen LogP contribution in [0.3, 0.4) is 0 Å². The summed E-state index contributed by atoms with van der Waals surface area (Å²) in [5, 5.41) is 0. The topological polar surface area (TPSA) is 0 Å². The van der Waals surface area contributed by atoms with Crippen molar-refractivity contribution in [2.24, 2.45) is 0 Å². The number of aryl methyl sites for hydroxylation is 1. The highest BCUT2D eigenvalue weighted by Gasteiger charge is 2.29. The third-order valence-corrected chi connectivity index (χ3v) is 4.82. The second-order valence-corrected chi connectivity index (χ2v) is 7.00. The normalized spacial score (nSPS) is 11.7. The molecule has 0 aliphatic rings. The van der Waals surface area contributed by atoms with Crippen LogP contribution in [-0.2, 0) is 12.6 Å². The summed E-state index contributed by atoms with van der Waals surface area (Å²) in [6.07, 6.45) is 7.28. The van der Waals surface area contributed by atoms with Crippen LogP contribution in [0.2, 0.25) is 0 Å². The van der Waals surface area contributed by atoms with Gasteiger partial charge in [-0.25, -0.2) is 0 Å². The quantitative estimate of drug-likeness (QED) is 0.375. The summed E-state index contributed by atoms with van der Waals surface area (Å²) in [6.45, 7) is 2.24. The van der Waals surface area contributed by atoms with Gasteiger partial charge in [0, 0.05) is 0 Å². The highest BCUT2D eigenvalue weighted by molar-refractivity contribution is 5.64. The van der Waals surface area contributed by atoms with Gasteiger partial charge in [0.1, 0.15) is 0 Å². The highest BCUT2D eigenvalue weighted by Crippen LogP contribution is 2.31. The highest BCUT2D eigenvalue weighted by atomic mass is 19.4. The Kier molecular flexibility index (Phi) is 8.21. The van der Waals surface area contributed by atoms with Crippen molar-refractivity contribution in [3.63, 3.8) is 0 Å². The summed E-state index contributed by atoms with van der Waals surface area (Å²) < 4.78 is 37.9. The minimum atomic E-state index is -4.28.